The molecule has 0 bridgehead atoms. The Bertz CT molecular complexity index is 174. The first-order valence-electron chi connectivity index (χ1n) is 2.33. The molecule has 0 aliphatic heterocycles. The van der Waals surface area contributed by atoms with E-state index in [2.05, 4.69) is 4.98 Å². The maximum atomic E-state index is 5.34. The molecule has 1 heterocycles. The zero-order valence-electron chi connectivity index (χ0n) is 4.59. The third kappa shape index (κ3) is 1.13. The molecule has 1 aromatic rings. The van der Waals surface area contributed by atoms with E-state index in [4.69, 9.17) is 7.85 Å². The van der Waals surface area contributed by atoms with Crippen LogP contribution in [0.1, 0.15) is 0 Å². The number of thiazole rings is 1. The Labute approximate surface area is 54.8 Å². The summed E-state index contributed by atoms with van der Waals surface area (Å²) in [5.74, 6) is 0. The Kier molecular flexibility index (Phi) is 1.73. The van der Waals surface area contributed by atoms with Crippen molar-refractivity contribution in [1.82, 2.24) is 4.98 Å². The van der Waals surface area contributed by atoms with E-state index in [9.17, 15) is 0 Å². The molecule has 1 nitrogen and oxygen atoms in total. The number of hydrogen-bond donors (Lipinski definition) is 0. The Morgan fingerprint density at radius 3 is 2.88 bits per heavy atom. The monoisotopic (exact) mass is 120 g/mol. The van der Waals surface area contributed by atoms with Crippen LogP contribution in [0, 0.1) is 0 Å². The second-order valence-corrected chi connectivity index (χ2v) is 2.29. The molecule has 0 saturated heterocycles. The van der Waals surface area contributed by atoms with Gasteiger partial charge in [0.15, 0.2) is 15.1 Å². The first-order chi connectivity index (χ1) is 3.83. The fourth-order valence-electron chi connectivity index (χ4n) is 0.433. The highest BCUT2D eigenvalue weighted by atomic mass is 32.1. The average Bonchev–Trinajstić information content (AvgIpc) is 2.14. The maximum absolute atomic E-state index is 5.34. The average molecular weight is 120 g/mol. The topological polar surface area (TPSA) is 12.9 Å². The molecule has 0 saturated carbocycles. The number of aromatic nitrogens is 1. The molecule has 0 aliphatic rings. The predicted molar refractivity (Wildman–Crippen MR) is 38.8 cm³/mol. The first kappa shape index (κ1) is 5.89. The smallest absolute Gasteiger partial charge is 0.175 e. The van der Waals surface area contributed by atoms with Gasteiger partial charge in [0, 0.05) is 15.9 Å². The van der Waals surface area contributed by atoms with Crippen LogP contribution in [0.4, 0.5) is 0 Å². The van der Waals surface area contributed by atoms with Crippen LogP contribution in [0.5, 0.6) is 0 Å². The Balaban J connectivity index is 2.84. The van der Waals surface area contributed by atoms with E-state index in [0.717, 1.165) is 5.59 Å². The minimum absolute atomic E-state index is 0.637. The van der Waals surface area contributed by atoms with Crippen molar-refractivity contribution in [3.05, 3.63) is 5.38 Å². The van der Waals surface area contributed by atoms with Gasteiger partial charge in [0.2, 0.25) is 0 Å². The summed E-state index contributed by atoms with van der Waals surface area (Å²) in [6.45, 7) is 1.94. The predicted octanol–water partition coefficient (Wildman–Crippen LogP) is -0.686. The molecule has 0 unspecified atom stereocenters. The lowest BCUT2D eigenvalue weighted by molar-refractivity contribution is 1.54. The molecular formula is C4H4B2NS. The maximum Gasteiger partial charge on any atom is 0.175 e. The van der Waals surface area contributed by atoms with Gasteiger partial charge in [0.05, 0.1) is 0 Å². The van der Waals surface area contributed by atoms with Gasteiger partial charge >= 0.3 is 0 Å². The van der Waals surface area contributed by atoms with Gasteiger partial charge in [-0.1, -0.05) is 6.82 Å². The summed E-state index contributed by atoms with van der Waals surface area (Å²) >= 11 is 1.46. The van der Waals surface area contributed by atoms with E-state index >= 15 is 0 Å². The molecular weight excluding hydrogens is 116 g/mol. The molecule has 0 fully saturated rings. The molecule has 1 rings (SSSR count). The van der Waals surface area contributed by atoms with Crippen LogP contribution < -0.4 is 10.5 Å². The normalized spacial score (nSPS) is 9.12. The first-order valence-corrected chi connectivity index (χ1v) is 3.21. The molecule has 3 radical (unpaired) electrons. The van der Waals surface area contributed by atoms with Crippen LogP contribution in [0.25, 0.3) is 0 Å². The van der Waals surface area contributed by atoms with E-state index in [-0.39, 0.29) is 0 Å². The largest absolute Gasteiger partial charge is 0.269 e. The van der Waals surface area contributed by atoms with Gasteiger partial charge in [-0.25, -0.2) is 0 Å². The molecule has 37 valence electrons. The minimum atomic E-state index is 0.637. The fraction of sp³-hybridized carbons (Fsp3) is 0.250. The lowest BCUT2D eigenvalue weighted by Crippen LogP contribution is -2.15. The van der Waals surface area contributed by atoms with Crippen molar-refractivity contribution in [1.29, 1.82) is 0 Å². The quantitative estimate of drug-likeness (QED) is 0.447. The van der Waals surface area contributed by atoms with Crippen LogP contribution in [0.15, 0.2) is 5.38 Å². The van der Waals surface area contributed by atoms with E-state index < -0.39 is 0 Å². The van der Waals surface area contributed by atoms with Crippen LogP contribution >= 0.6 is 11.3 Å². The molecule has 0 aromatic carbocycles. The van der Waals surface area contributed by atoms with E-state index in [1.807, 2.05) is 19.5 Å². The van der Waals surface area contributed by atoms with Crippen LogP contribution in [-0.4, -0.2) is 20.1 Å². The van der Waals surface area contributed by atoms with Crippen molar-refractivity contribution in [2.75, 3.05) is 0 Å². The van der Waals surface area contributed by atoms with E-state index in [1.165, 1.54) is 11.3 Å². The van der Waals surface area contributed by atoms with Gasteiger partial charge in [-0.05, 0) is 0 Å². The molecule has 0 aliphatic carbocycles. The van der Waals surface area contributed by atoms with Crippen molar-refractivity contribution < 1.29 is 0 Å². The second-order valence-electron chi connectivity index (χ2n) is 1.40. The molecule has 0 amide bonds. The van der Waals surface area contributed by atoms with Crippen LogP contribution in [-0.2, 0) is 0 Å². The van der Waals surface area contributed by atoms with Crippen molar-refractivity contribution in [3.63, 3.8) is 0 Å². The Morgan fingerprint density at radius 1 is 1.88 bits per heavy atom. The van der Waals surface area contributed by atoms with Crippen molar-refractivity contribution in [3.8, 4) is 0 Å². The summed E-state index contributed by atoms with van der Waals surface area (Å²) in [6.07, 6.45) is 0. The lowest BCUT2D eigenvalue weighted by Gasteiger charge is -1.78. The highest BCUT2D eigenvalue weighted by Gasteiger charge is 1.92. The third-order valence-electron chi connectivity index (χ3n) is 0.835. The number of hydrogen-bond acceptors (Lipinski definition) is 2. The van der Waals surface area contributed by atoms with Crippen LogP contribution in [0.2, 0.25) is 6.82 Å². The number of rotatable bonds is 1. The molecule has 0 atom stereocenters. The van der Waals surface area contributed by atoms with E-state index in [1.54, 1.807) is 0 Å². The second kappa shape index (κ2) is 2.35. The lowest BCUT2D eigenvalue weighted by atomic mass is 9.79. The van der Waals surface area contributed by atoms with Crippen molar-refractivity contribution in [2.45, 2.75) is 6.82 Å². The fourth-order valence-corrected chi connectivity index (χ4v) is 1.02. The molecule has 4 heteroatoms. The molecule has 1 aromatic heterocycles. The van der Waals surface area contributed by atoms with Gasteiger partial charge in [-0.3, -0.25) is 4.98 Å². The summed E-state index contributed by atoms with van der Waals surface area (Å²) < 4.78 is 0. The zero-order chi connectivity index (χ0) is 5.98. The highest BCUT2D eigenvalue weighted by Crippen LogP contribution is 1.81. The molecule has 8 heavy (non-hydrogen) atoms. The van der Waals surface area contributed by atoms with Gasteiger partial charge < -0.3 is 0 Å². The SMILES string of the molecule is [B]c1nc([B]C)cs1. The number of nitrogens with zero attached hydrogens (tertiary/aromatic N) is 1. The third-order valence-corrected chi connectivity index (χ3v) is 1.53. The molecule has 0 N–H and O–H groups in total. The summed E-state index contributed by atoms with van der Waals surface area (Å²) in [5.41, 5.74) is 0.965. The van der Waals surface area contributed by atoms with Gasteiger partial charge in [-0.15, -0.1) is 11.3 Å². The zero-order valence-corrected chi connectivity index (χ0v) is 5.40. The summed E-state index contributed by atoms with van der Waals surface area (Å²) in [5, 5.41) is 1.93. The van der Waals surface area contributed by atoms with E-state index in [0.29, 0.717) is 4.91 Å². The molecule has 0 spiro atoms. The highest BCUT2D eigenvalue weighted by molar-refractivity contribution is 7.18. The summed E-state index contributed by atoms with van der Waals surface area (Å²) in [4.78, 5) is 4.61. The van der Waals surface area contributed by atoms with Gasteiger partial charge in [0.1, 0.15) is 0 Å². The summed E-state index contributed by atoms with van der Waals surface area (Å²) in [6, 6.07) is 0. The minimum Gasteiger partial charge on any atom is -0.269 e. The van der Waals surface area contributed by atoms with Crippen molar-refractivity contribution in [2.24, 2.45) is 0 Å². The van der Waals surface area contributed by atoms with Gasteiger partial charge in [-0.2, -0.15) is 0 Å². The standard InChI is InChI=1S/C4H4B2NS/c1-6-3-2-8-4(5)7-3/h2H,1H3. The Morgan fingerprint density at radius 2 is 2.62 bits per heavy atom. The van der Waals surface area contributed by atoms with Crippen molar-refractivity contribution >= 4 is 37.0 Å². The summed E-state index contributed by atoms with van der Waals surface area (Å²) in [7, 11) is 7.27. The Hall–Kier alpha value is -0.240. The van der Waals surface area contributed by atoms with Gasteiger partial charge in [0.25, 0.3) is 0 Å². The van der Waals surface area contributed by atoms with Crippen LogP contribution in [0.3, 0.4) is 0 Å².